The highest BCUT2D eigenvalue weighted by molar-refractivity contribution is 5.30. The van der Waals surface area contributed by atoms with Gasteiger partial charge in [0, 0.05) is 25.7 Å². The first-order valence-electron chi connectivity index (χ1n) is 7.62. The number of aromatic nitrogens is 2. The molecule has 1 fully saturated rings. The molecule has 1 N–H and O–H groups in total. The topological polar surface area (TPSA) is 44.3 Å². The van der Waals surface area contributed by atoms with Gasteiger partial charge in [0.25, 0.3) is 0 Å². The molecule has 5 nitrogen and oxygen atoms in total. The highest BCUT2D eigenvalue weighted by Gasteiger charge is 2.25. The largest absolute Gasteiger partial charge is 0.369 e. The van der Waals surface area contributed by atoms with Crippen molar-refractivity contribution in [1.29, 1.82) is 0 Å². The van der Waals surface area contributed by atoms with Crippen LogP contribution in [0.25, 0.3) is 0 Å². The predicted molar refractivity (Wildman–Crippen MR) is 82.8 cm³/mol. The van der Waals surface area contributed by atoms with E-state index in [1.54, 1.807) is 0 Å². The zero-order chi connectivity index (χ0) is 14.4. The van der Waals surface area contributed by atoms with Gasteiger partial charge in [-0.15, -0.1) is 0 Å². The van der Waals surface area contributed by atoms with Gasteiger partial charge in [-0.05, 0) is 39.9 Å². The van der Waals surface area contributed by atoms with E-state index in [-0.39, 0.29) is 0 Å². The van der Waals surface area contributed by atoms with Gasteiger partial charge in [0.1, 0.15) is 5.82 Å². The summed E-state index contributed by atoms with van der Waals surface area (Å²) < 4.78 is 0. The molecule has 0 radical (unpaired) electrons. The smallest absolute Gasteiger partial charge is 0.144 e. The lowest BCUT2D eigenvalue weighted by Gasteiger charge is -2.26. The lowest BCUT2D eigenvalue weighted by molar-refractivity contribution is 0.199. The van der Waals surface area contributed by atoms with Crippen LogP contribution in [0.3, 0.4) is 0 Å². The number of hydrogen-bond donors (Lipinski definition) is 1. The van der Waals surface area contributed by atoms with Gasteiger partial charge in [0.15, 0.2) is 0 Å². The first kappa shape index (κ1) is 15.2. The molecule has 1 unspecified atom stereocenters. The Morgan fingerprint density at radius 3 is 2.85 bits per heavy atom. The van der Waals surface area contributed by atoms with Crippen LogP contribution in [0.5, 0.6) is 0 Å². The molecule has 2 rings (SSSR count). The molecule has 20 heavy (non-hydrogen) atoms. The number of rotatable bonds is 7. The van der Waals surface area contributed by atoms with Gasteiger partial charge in [-0.2, -0.15) is 0 Å². The minimum absolute atomic E-state index is 0.657. The molecule has 1 aromatic rings. The molecule has 0 spiro atoms. The minimum atomic E-state index is 0.657. The second kappa shape index (κ2) is 7.55. The van der Waals surface area contributed by atoms with Crippen LogP contribution >= 0.6 is 0 Å². The molecule has 1 aromatic heterocycles. The predicted octanol–water partition coefficient (Wildman–Crippen LogP) is 1.82. The van der Waals surface area contributed by atoms with Crippen LogP contribution in [0.1, 0.15) is 31.9 Å². The molecular formula is C15H27N5. The van der Waals surface area contributed by atoms with Crippen LogP contribution in [-0.2, 0) is 6.54 Å². The summed E-state index contributed by atoms with van der Waals surface area (Å²) in [5.41, 5.74) is 1.07. The van der Waals surface area contributed by atoms with E-state index < -0.39 is 0 Å². The molecule has 2 heterocycles. The molecular weight excluding hydrogens is 250 g/mol. The van der Waals surface area contributed by atoms with E-state index >= 15 is 0 Å². The van der Waals surface area contributed by atoms with Crippen LogP contribution in [0.15, 0.2) is 12.4 Å². The quantitative estimate of drug-likeness (QED) is 0.823. The van der Waals surface area contributed by atoms with Crippen LogP contribution < -0.4 is 5.32 Å². The molecule has 0 amide bonds. The normalized spacial score (nSPS) is 19.7. The summed E-state index contributed by atoms with van der Waals surface area (Å²) in [5, 5.41) is 3.26. The number of anilines is 1. The molecule has 0 aromatic carbocycles. The maximum atomic E-state index is 4.53. The van der Waals surface area contributed by atoms with Crippen molar-refractivity contribution in [3.63, 3.8) is 0 Å². The van der Waals surface area contributed by atoms with Crippen LogP contribution in [0, 0.1) is 0 Å². The van der Waals surface area contributed by atoms with Gasteiger partial charge in [-0.3, -0.25) is 9.88 Å². The molecule has 5 heteroatoms. The first-order chi connectivity index (χ1) is 9.69. The van der Waals surface area contributed by atoms with Crippen LogP contribution in [0.2, 0.25) is 0 Å². The SMILES string of the molecule is CCCNc1cnc(CN2CCCC2CN(C)C)cn1. The van der Waals surface area contributed by atoms with Crippen molar-refractivity contribution in [3.05, 3.63) is 18.1 Å². The summed E-state index contributed by atoms with van der Waals surface area (Å²) in [6.45, 7) is 6.32. The van der Waals surface area contributed by atoms with E-state index in [0.717, 1.165) is 37.6 Å². The van der Waals surface area contributed by atoms with Gasteiger partial charge in [-0.1, -0.05) is 6.92 Å². The van der Waals surface area contributed by atoms with Gasteiger partial charge in [-0.25, -0.2) is 4.98 Å². The van der Waals surface area contributed by atoms with Gasteiger partial charge in [0.05, 0.1) is 18.1 Å². The second-order valence-corrected chi connectivity index (χ2v) is 5.85. The van der Waals surface area contributed by atoms with E-state index in [4.69, 9.17) is 0 Å². The Balaban J connectivity index is 1.88. The molecule has 1 aliphatic rings. The number of nitrogens with one attached hydrogen (secondary N) is 1. The second-order valence-electron chi connectivity index (χ2n) is 5.85. The third-order valence-electron chi connectivity index (χ3n) is 3.70. The summed E-state index contributed by atoms with van der Waals surface area (Å²) in [5.74, 6) is 0.877. The summed E-state index contributed by atoms with van der Waals surface area (Å²) in [6.07, 6.45) is 7.44. The maximum absolute atomic E-state index is 4.53. The number of likely N-dealkylation sites (tertiary alicyclic amines) is 1. The first-order valence-corrected chi connectivity index (χ1v) is 7.62. The van der Waals surface area contributed by atoms with Gasteiger partial charge in [0.2, 0.25) is 0 Å². The summed E-state index contributed by atoms with van der Waals surface area (Å²) in [7, 11) is 4.29. The fourth-order valence-corrected chi connectivity index (χ4v) is 2.72. The third-order valence-corrected chi connectivity index (χ3v) is 3.70. The van der Waals surface area contributed by atoms with Crippen molar-refractivity contribution in [2.24, 2.45) is 0 Å². The van der Waals surface area contributed by atoms with Gasteiger partial charge >= 0.3 is 0 Å². The standard InChI is InChI=1S/C15H27N5/c1-4-7-16-15-10-17-13(9-18-15)11-20-8-5-6-14(20)12-19(2)3/h9-10,14H,4-8,11-12H2,1-3H3,(H,16,18). The Hall–Kier alpha value is -1.20. The summed E-state index contributed by atoms with van der Waals surface area (Å²) >= 11 is 0. The summed E-state index contributed by atoms with van der Waals surface area (Å²) in [6, 6.07) is 0.657. The van der Waals surface area contributed by atoms with E-state index in [1.165, 1.54) is 19.4 Å². The Labute approximate surface area is 122 Å². The number of hydrogen-bond acceptors (Lipinski definition) is 5. The Kier molecular flexibility index (Phi) is 5.73. The minimum Gasteiger partial charge on any atom is -0.369 e. The third kappa shape index (κ3) is 4.42. The molecule has 1 atom stereocenters. The van der Waals surface area contributed by atoms with Gasteiger partial charge < -0.3 is 10.2 Å². The molecule has 1 aliphatic heterocycles. The van der Waals surface area contributed by atoms with Crippen molar-refractivity contribution < 1.29 is 0 Å². The molecule has 0 aliphatic carbocycles. The van der Waals surface area contributed by atoms with Crippen molar-refractivity contribution in [3.8, 4) is 0 Å². The summed E-state index contributed by atoms with van der Waals surface area (Å²) in [4.78, 5) is 13.8. The number of likely N-dealkylation sites (N-methyl/N-ethyl adjacent to an activating group) is 1. The Bertz CT molecular complexity index is 390. The molecule has 112 valence electrons. The zero-order valence-electron chi connectivity index (χ0n) is 13.0. The lowest BCUT2D eigenvalue weighted by atomic mass is 10.2. The van der Waals surface area contributed by atoms with E-state index in [0.29, 0.717) is 6.04 Å². The van der Waals surface area contributed by atoms with E-state index in [1.807, 2.05) is 12.4 Å². The van der Waals surface area contributed by atoms with Crippen LogP contribution in [0.4, 0.5) is 5.82 Å². The van der Waals surface area contributed by atoms with Crippen LogP contribution in [-0.4, -0.2) is 59.5 Å². The van der Waals surface area contributed by atoms with Crippen molar-refractivity contribution in [2.75, 3.05) is 39.0 Å². The molecule has 0 saturated carbocycles. The highest BCUT2D eigenvalue weighted by atomic mass is 15.2. The van der Waals surface area contributed by atoms with Crippen molar-refractivity contribution >= 4 is 5.82 Å². The van der Waals surface area contributed by atoms with Crippen molar-refractivity contribution in [2.45, 2.75) is 38.8 Å². The maximum Gasteiger partial charge on any atom is 0.144 e. The molecule has 1 saturated heterocycles. The average molecular weight is 277 g/mol. The van der Waals surface area contributed by atoms with E-state index in [2.05, 4.69) is 46.1 Å². The fraction of sp³-hybridized carbons (Fsp3) is 0.733. The lowest BCUT2D eigenvalue weighted by Crippen LogP contribution is -2.37. The monoisotopic (exact) mass is 277 g/mol. The zero-order valence-corrected chi connectivity index (χ0v) is 13.0. The average Bonchev–Trinajstić information content (AvgIpc) is 2.84. The number of nitrogens with zero attached hydrogens (tertiary/aromatic N) is 4. The molecule has 0 bridgehead atoms. The Morgan fingerprint density at radius 1 is 1.35 bits per heavy atom. The van der Waals surface area contributed by atoms with Crippen molar-refractivity contribution in [1.82, 2.24) is 19.8 Å². The Morgan fingerprint density at radius 2 is 2.20 bits per heavy atom. The highest BCUT2D eigenvalue weighted by Crippen LogP contribution is 2.19. The van der Waals surface area contributed by atoms with E-state index in [9.17, 15) is 0 Å². The fourth-order valence-electron chi connectivity index (χ4n) is 2.72.